The zero-order valence-corrected chi connectivity index (χ0v) is 21.2. The van der Waals surface area contributed by atoms with E-state index < -0.39 is 0 Å². The number of hydrogen-bond donors (Lipinski definition) is 1. The first kappa shape index (κ1) is 26.2. The predicted octanol–water partition coefficient (Wildman–Crippen LogP) is 4.78. The number of carbonyl (C=O) groups is 1. The van der Waals surface area contributed by atoms with Gasteiger partial charge < -0.3 is 24.4 Å². The molecule has 1 heterocycles. The van der Waals surface area contributed by atoms with Crippen LogP contribution in [0.1, 0.15) is 29.5 Å². The number of methoxy groups -OCH3 is 1. The fourth-order valence-corrected chi connectivity index (χ4v) is 4.03. The topological polar surface area (TPSA) is 78.4 Å². The van der Waals surface area contributed by atoms with Crippen LogP contribution in [0.5, 0.6) is 11.5 Å². The van der Waals surface area contributed by atoms with Crippen molar-refractivity contribution in [3.63, 3.8) is 0 Å². The molecule has 4 rings (SSSR count). The fourth-order valence-electron chi connectivity index (χ4n) is 4.03. The van der Waals surface area contributed by atoms with Gasteiger partial charge in [-0.1, -0.05) is 47.6 Å². The van der Waals surface area contributed by atoms with E-state index in [-0.39, 0.29) is 12.5 Å². The Hall–Kier alpha value is -3.84. The number of ether oxygens (including phenoxy) is 3. The van der Waals surface area contributed by atoms with Gasteiger partial charge in [0.2, 0.25) is 0 Å². The van der Waals surface area contributed by atoms with Gasteiger partial charge in [-0.2, -0.15) is 0 Å². The van der Waals surface area contributed by atoms with Gasteiger partial charge in [-0.15, -0.1) is 0 Å². The average molecular weight is 503 g/mol. The van der Waals surface area contributed by atoms with Crippen molar-refractivity contribution in [2.24, 2.45) is 11.1 Å². The summed E-state index contributed by atoms with van der Waals surface area (Å²) in [6, 6.07) is 25.4. The molecule has 3 aromatic carbocycles. The maximum atomic E-state index is 12.2. The van der Waals surface area contributed by atoms with E-state index in [2.05, 4.69) is 22.6 Å². The molecule has 0 bridgehead atoms. The first-order valence-corrected chi connectivity index (χ1v) is 12.6. The molecular formula is C30H34N2O5. The van der Waals surface area contributed by atoms with Crippen molar-refractivity contribution in [2.45, 2.75) is 25.9 Å². The molecule has 1 fully saturated rings. The molecule has 194 valence electrons. The zero-order valence-electron chi connectivity index (χ0n) is 21.2. The second-order valence-electron chi connectivity index (χ2n) is 8.99. The van der Waals surface area contributed by atoms with Crippen LogP contribution in [-0.4, -0.2) is 45.1 Å². The summed E-state index contributed by atoms with van der Waals surface area (Å²) in [5, 5.41) is 7.43. The Labute approximate surface area is 218 Å². The standard InChI is InChI=1S/C30H34N2O5/c1-34-27-11-7-25(8-12-27)21-37-32-29(19-23-5-3-2-4-6-23)26-9-13-28(14-10-26)36-22-30(33)31-20-24-15-17-35-18-16-24/h2-14,24H,15-22H2,1H3,(H,31,33). The van der Waals surface area contributed by atoms with E-state index in [0.29, 0.717) is 31.2 Å². The maximum absolute atomic E-state index is 12.2. The Bertz CT molecular complexity index is 1120. The van der Waals surface area contributed by atoms with Gasteiger partial charge in [-0.05, 0) is 71.8 Å². The van der Waals surface area contributed by atoms with E-state index >= 15 is 0 Å². The zero-order chi connectivity index (χ0) is 25.7. The Morgan fingerprint density at radius 1 is 0.919 bits per heavy atom. The van der Waals surface area contributed by atoms with Crippen LogP contribution < -0.4 is 14.8 Å². The summed E-state index contributed by atoms with van der Waals surface area (Å²) in [6.45, 7) is 2.54. The molecule has 1 aliphatic heterocycles. The van der Waals surface area contributed by atoms with Gasteiger partial charge in [0.05, 0.1) is 12.8 Å². The number of rotatable bonds is 12. The van der Waals surface area contributed by atoms with Crippen molar-refractivity contribution in [1.82, 2.24) is 5.32 Å². The summed E-state index contributed by atoms with van der Waals surface area (Å²) in [5.41, 5.74) is 3.87. The highest BCUT2D eigenvalue weighted by molar-refractivity contribution is 6.01. The molecular weight excluding hydrogens is 468 g/mol. The van der Waals surface area contributed by atoms with E-state index in [1.165, 1.54) is 0 Å². The minimum atomic E-state index is -0.117. The molecule has 7 heteroatoms. The van der Waals surface area contributed by atoms with E-state index in [1.807, 2.05) is 66.7 Å². The molecule has 7 nitrogen and oxygen atoms in total. The number of nitrogens with one attached hydrogen (secondary N) is 1. The summed E-state index contributed by atoms with van der Waals surface area (Å²) >= 11 is 0. The van der Waals surface area contributed by atoms with Crippen molar-refractivity contribution in [3.8, 4) is 11.5 Å². The Kier molecular flexibility index (Phi) is 9.95. The smallest absolute Gasteiger partial charge is 0.257 e. The van der Waals surface area contributed by atoms with Crippen LogP contribution >= 0.6 is 0 Å². The fraction of sp³-hybridized carbons (Fsp3) is 0.333. The van der Waals surface area contributed by atoms with Crippen molar-refractivity contribution in [1.29, 1.82) is 0 Å². The van der Waals surface area contributed by atoms with Crippen LogP contribution in [0, 0.1) is 5.92 Å². The van der Waals surface area contributed by atoms with Crippen molar-refractivity contribution in [3.05, 3.63) is 95.6 Å². The molecule has 0 aliphatic carbocycles. The van der Waals surface area contributed by atoms with Gasteiger partial charge in [0.15, 0.2) is 6.61 Å². The molecule has 37 heavy (non-hydrogen) atoms. The number of nitrogens with zero attached hydrogens (tertiary/aromatic N) is 1. The number of amides is 1. The summed E-state index contributed by atoms with van der Waals surface area (Å²) < 4.78 is 16.3. The van der Waals surface area contributed by atoms with Gasteiger partial charge in [0.1, 0.15) is 18.1 Å². The molecule has 1 saturated heterocycles. The highest BCUT2D eigenvalue weighted by Crippen LogP contribution is 2.17. The van der Waals surface area contributed by atoms with Crippen molar-refractivity contribution in [2.75, 3.05) is 33.5 Å². The molecule has 3 aromatic rings. The maximum Gasteiger partial charge on any atom is 0.257 e. The highest BCUT2D eigenvalue weighted by Gasteiger charge is 2.15. The van der Waals surface area contributed by atoms with Gasteiger partial charge >= 0.3 is 0 Å². The normalized spacial score (nSPS) is 14.1. The molecule has 0 aromatic heterocycles. The van der Waals surface area contributed by atoms with E-state index in [4.69, 9.17) is 19.0 Å². The van der Waals surface area contributed by atoms with Gasteiger partial charge in [-0.3, -0.25) is 4.79 Å². The van der Waals surface area contributed by atoms with Gasteiger partial charge in [0, 0.05) is 26.2 Å². The predicted molar refractivity (Wildman–Crippen MR) is 143 cm³/mol. The summed E-state index contributed by atoms with van der Waals surface area (Å²) in [6.07, 6.45) is 2.59. The Morgan fingerprint density at radius 3 is 2.32 bits per heavy atom. The third-order valence-corrected chi connectivity index (χ3v) is 6.27. The van der Waals surface area contributed by atoms with E-state index in [1.54, 1.807) is 7.11 Å². The van der Waals surface area contributed by atoms with Crippen LogP contribution in [0.25, 0.3) is 0 Å². The second kappa shape index (κ2) is 14.0. The first-order valence-electron chi connectivity index (χ1n) is 12.6. The SMILES string of the molecule is COc1ccc(CON=C(Cc2ccccc2)c2ccc(OCC(=O)NCC3CCOCC3)cc2)cc1. The minimum absolute atomic E-state index is 0.0154. The second-order valence-corrected chi connectivity index (χ2v) is 8.99. The number of benzene rings is 3. The molecule has 0 atom stereocenters. The molecule has 1 N–H and O–H groups in total. The van der Waals surface area contributed by atoms with Crippen LogP contribution in [0.4, 0.5) is 0 Å². The van der Waals surface area contributed by atoms with E-state index in [9.17, 15) is 4.79 Å². The Balaban J connectivity index is 1.34. The lowest BCUT2D eigenvalue weighted by Gasteiger charge is -2.22. The van der Waals surface area contributed by atoms with Gasteiger partial charge in [0.25, 0.3) is 5.91 Å². The quantitative estimate of drug-likeness (QED) is 0.285. The average Bonchev–Trinajstić information content (AvgIpc) is 2.96. The first-order chi connectivity index (χ1) is 18.2. The third kappa shape index (κ3) is 8.65. The highest BCUT2D eigenvalue weighted by atomic mass is 16.6. The lowest BCUT2D eigenvalue weighted by molar-refractivity contribution is -0.123. The third-order valence-electron chi connectivity index (χ3n) is 6.27. The number of hydrogen-bond acceptors (Lipinski definition) is 6. The number of carbonyl (C=O) groups excluding carboxylic acids is 1. The summed E-state index contributed by atoms with van der Waals surface area (Å²) in [5.74, 6) is 1.79. The molecule has 0 spiro atoms. The lowest BCUT2D eigenvalue weighted by atomic mass is 10.0. The number of oxime groups is 1. The van der Waals surface area contributed by atoms with Crippen molar-refractivity contribution >= 4 is 11.6 Å². The van der Waals surface area contributed by atoms with Crippen LogP contribution in [-0.2, 0) is 27.4 Å². The van der Waals surface area contributed by atoms with E-state index in [0.717, 1.165) is 54.2 Å². The monoisotopic (exact) mass is 502 g/mol. The molecule has 0 radical (unpaired) electrons. The Morgan fingerprint density at radius 2 is 1.62 bits per heavy atom. The molecule has 1 aliphatic rings. The van der Waals surface area contributed by atoms with Gasteiger partial charge in [-0.25, -0.2) is 0 Å². The largest absolute Gasteiger partial charge is 0.497 e. The van der Waals surface area contributed by atoms with Crippen LogP contribution in [0.15, 0.2) is 84.0 Å². The lowest BCUT2D eigenvalue weighted by Crippen LogP contribution is -2.35. The molecule has 1 amide bonds. The summed E-state index contributed by atoms with van der Waals surface area (Å²) in [4.78, 5) is 17.9. The van der Waals surface area contributed by atoms with Crippen molar-refractivity contribution < 1.29 is 23.8 Å². The molecule has 0 saturated carbocycles. The molecule has 0 unspecified atom stereocenters. The van der Waals surface area contributed by atoms with Crippen LogP contribution in [0.3, 0.4) is 0 Å². The summed E-state index contributed by atoms with van der Waals surface area (Å²) in [7, 11) is 1.64. The van der Waals surface area contributed by atoms with Crippen LogP contribution in [0.2, 0.25) is 0 Å². The minimum Gasteiger partial charge on any atom is -0.497 e.